The van der Waals surface area contributed by atoms with Gasteiger partial charge in [-0.25, -0.2) is 9.18 Å². The number of piperazine rings is 1. The van der Waals surface area contributed by atoms with Crippen LogP contribution in [0, 0.1) is 5.82 Å². The van der Waals surface area contributed by atoms with E-state index in [1.807, 2.05) is 48.5 Å². The summed E-state index contributed by atoms with van der Waals surface area (Å²) in [6, 6.07) is 24.0. The Bertz CT molecular complexity index is 1230. The first-order chi connectivity index (χ1) is 18.3. The maximum absolute atomic E-state index is 14.2. The molecule has 1 atom stereocenters. The minimum atomic E-state index is -1.09. The molecule has 0 radical (unpaired) electrons. The van der Waals surface area contributed by atoms with Gasteiger partial charge in [0, 0.05) is 24.8 Å². The molecule has 0 bridgehead atoms. The number of carbonyl (C=O) groups excluding carboxylic acids is 2. The molecule has 1 unspecified atom stereocenters. The van der Waals surface area contributed by atoms with E-state index in [1.54, 1.807) is 35.8 Å². The molecule has 0 spiro atoms. The third-order valence-corrected chi connectivity index (χ3v) is 7.16. The van der Waals surface area contributed by atoms with Crippen molar-refractivity contribution in [1.82, 2.24) is 10.2 Å². The highest BCUT2D eigenvalue weighted by Gasteiger charge is 2.48. The highest BCUT2D eigenvalue weighted by molar-refractivity contribution is 6.03. The number of halogens is 1. The van der Waals surface area contributed by atoms with Gasteiger partial charge in [-0.2, -0.15) is 0 Å². The first-order valence-corrected chi connectivity index (χ1v) is 13.1. The van der Waals surface area contributed by atoms with Crippen molar-refractivity contribution in [2.24, 2.45) is 0 Å². The average Bonchev–Trinajstić information content (AvgIpc) is 2.92. The Kier molecular flexibility index (Phi) is 8.66. The van der Waals surface area contributed by atoms with Gasteiger partial charge in [0.15, 0.2) is 11.6 Å². The van der Waals surface area contributed by atoms with Crippen molar-refractivity contribution < 1.29 is 18.7 Å². The summed E-state index contributed by atoms with van der Waals surface area (Å²) in [7, 11) is 1.40. The Labute approximate surface area is 224 Å². The van der Waals surface area contributed by atoms with Gasteiger partial charge in [-0.15, -0.1) is 0 Å². The molecule has 6 nitrogen and oxygen atoms in total. The van der Waals surface area contributed by atoms with Crippen LogP contribution in [0.15, 0.2) is 78.9 Å². The summed E-state index contributed by atoms with van der Waals surface area (Å²) in [5.74, 6) is -0.646. The molecule has 0 aromatic heterocycles. The van der Waals surface area contributed by atoms with Gasteiger partial charge in [-0.1, -0.05) is 60.7 Å². The number of aryl methyl sites for hydroxylation is 1. The molecule has 3 amide bonds. The minimum Gasteiger partial charge on any atom is -0.494 e. The number of hydrogen-bond donors (Lipinski definition) is 1. The number of benzene rings is 3. The number of nitrogens with zero attached hydrogens (tertiary/aromatic N) is 2. The van der Waals surface area contributed by atoms with E-state index in [4.69, 9.17) is 4.74 Å². The fourth-order valence-corrected chi connectivity index (χ4v) is 4.99. The lowest BCUT2D eigenvalue weighted by molar-refractivity contribution is -0.130. The van der Waals surface area contributed by atoms with Crippen molar-refractivity contribution in [2.45, 2.75) is 51.1 Å². The van der Waals surface area contributed by atoms with Crippen molar-refractivity contribution in [3.63, 3.8) is 0 Å². The van der Waals surface area contributed by atoms with Crippen molar-refractivity contribution in [1.29, 1.82) is 0 Å². The summed E-state index contributed by atoms with van der Waals surface area (Å²) < 4.78 is 19.4. The predicted octanol–water partition coefficient (Wildman–Crippen LogP) is 5.61. The van der Waals surface area contributed by atoms with E-state index in [0.717, 1.165) is 24.8 Å². The smallest absolute Gasteiger partial charge is 0.318 e. The molecule has 3 aromatic rings. The van der Waals surface area contributed by atoms with E-state index in [2.05, 4.69) is 17.4 Å². The third kappa shape index (κ3) is 6.15. The normalized spacial score (nSPS) is 16.8. The molecule has 4 rings (SSSR count). The van der Waals surface area contributed by atoms with Crippen molar-refractivity contribution in [3.8, 4) is 5.75 Å². The molecule has 200 valence electrons. The van der Waals surface area contributed by atoms with Gasteiger partial charge in [0.1, 0.15) is 5.54 Å². The number of nitrogens with one attached hydrogen (secondary N) is 1. The Morgan fingerprint density at radius 3 is 2.32 bits per heavy atom. The van der Waals surface area contributed by atoms with Crippen LogP contribution >= 0.6 is 0 Å². The lowest BCUT2D eigenvalue weighted by Crippen LogP contribution is -2.70. The summed E-state index contributed by atoms with van der Waals surface area (Å²) in [4.78, 5) is 30.6. The second-order valence-corrected chi connectivity index (χ2v) is 10.2. The number of urea groups is 1. The number of methoxy groups -OCH3 is 1. The highest BCUT2D eigenvalue weighted by Crippen LogP contribution is 2.34. The fourth-order valence-electron chi connectivity index (χ4n) is 4.99. The Balaban J connectivity index is 1.50. The number of ether oxygens (including phenoxy) is 1. The average molecular weight is 518 g/mol. The molecular formula is C31H36FN3O3. The number of unbranched alkanes of at least 4 members (excludes halogenated alkanes) is 1. The molecule has 1 aliphatic heterocycles. The number of amides is 3. The topological polar surface area (TPSA) is 61.9 Å². The third-order valence-electron chi connectivity index (χ3n) is 7.16. The second-order valence-electron chi connectivity index (χ2n) is 10.2. The van der Waals surface area contributed by atoms with Gasteiger partial charge >= 0.3 is 6.03 Å². The van der Waals surface area contributed by atoms with Crippen LogP contribution < -0.4 is 15.0 Å². The largest absolute Gasteiger partial charge is 0.494 e. The monoisotopic (exact) mass is 517 g/mol. The zero-order valence-corrected chi connectivity index (χ0v) is 22.3. The molecule has 7 heteroatoms. The predicted molar refractivity (Wildman–Crippen MR) is 148 cm³/mol. The van der Waals surface area contributed by atoms with Gasteiger partial charge < -0.3 is 19.9 Å². The molecule has 1 fully saturated rings. The summed E-state index contributed by atoms with van der Waals surface area (Å²) >= 11 is 0. The second kappa shape index (κ2) is 12.1. The molecule has 38 heavy (non-hydrogen) atoms. The van der Waals surface area contributed by atoms with Crippen LogP contribution in [0.5, 0.6) is 5.75 Å². The number of rotatable bonds is 9. The van der Waals surface area contributed by atoms with Crippen molar-refractivity contribution >= 4 is 17.6 Å². The van der Waals surface area contributed by atoms with Crippen LogP contribution in [-0.4, -0.2) is 48.6 Å². The van der Waals surface area contributed by atoms with E-state index in [0.29, 0.717) is 25.2 Å². The van der Waals surface area contributed by atoms with Crippen LogP contribution in [-0.2, 0) is 17.6 Å². The maximum Gasteiger partial charge on any atom is 0.318 e. The highest BCUT2D eigenvalue weighted by atomic mass is 19.1. The lowest BCUT2D eigenvalue weighted by Gasteiger charge is -2.50. The van der Waals surface area contributed by atoms with Crippen LogP contribution in [0.2, 0.25) is 0 Å². The first kappa shape index (κ1) is 27.2. The van der Waals surface area contributed by atoms with Gasteiger partial charge in [0.05, 0.1) is 13.2 Å². The summed E-state index contributed by atoms with van der Waals surface area (Å²) in [5.41, 5.74) is 1.78. The molecule has 3 aromatic carbocycles. The first-order valence-electron chi connectivity index (χ1n) is 13.1. The van der Waals surface area contributed by atoms with Crippen LogP contribution in [0.3, 0.4) is 0 Å². The van der Waals surface area contributed by atoms with Gasteiger partial charge in [-0.3, -0.25) is 4.79 Å². The van der Waals surface area contributed by atoms with Crippen LogP contribution in [0.4, 0.5) is 14.9 Å². The summed E-state index contributed by atoms with van der Waals surface area (Å²) in [6.07, 6.45) is 3.31. The van der Waals surface area contributed by atoms with E-state index in [1.165, 1.54) is 18.7 Å². The Morgan fingerprint density at radius 2 is 1.66 bits per heavy atom. The molecular weight excluding hydrogens is 481 g/mol. The maximum atomic E-state index is 14.2. The molecule has 1 N–H and O–H groups in total. The zero-order chi connectivity index (χ0) is 27.1. The number of anilines is 1. The van der Waals surface area contributed by atoms with Gasteiger partial charge in [-0.05, 0) is 62.8 Å². The SMILES string of the molecule is COc1cc(N2C(=O)C(C)(C)N(C(=O)NCCCCc3ccccc3)CC2Cc2ccccc2)ccc1F. The van der Waals surface area contributed by atoms with Gasteiger partial charge in [0.25, 0.3) is 5.91 Å². The molecule has 0 saturated carbocycles. The zero-order valence-electron chi connectivity index (χ0n) is 22.3. The van der Waals surface area contributed by atoms with Gasteiger partial charge in [0.2, 0.25) is 0 Å². The van der Waals surface area contributed by atoms with Crippen molar-refractivity contribution in [3.05, 3.63) is 95.8 Å². The molecule has 1 saturated heterocycles. The van der Waals surface area contributed by atoms with E-state index in [9.17, 15) is 14.0 Å². The molecule has 0 aliphatic carbocycles. The minimum absolute atomic E-state index is 0.0715. The fraction of sp³-hybridized carbons (Fsp3) is 0.355. The van der Waals surface area contributed by atoms with Crippen molar-refractivity contribution in [2.75, 3.05) is 25.1 Å². The Morgan fingerprint density at radius 1 is 1.00 bits per heavy atom. The summed E-state index contributed by atoms with van der Waals surface area (Å²) in [6.45, 7) is 4.39. The standard InChI is InChI=1S/C31H36FN3O3/c1-31(2)29(36)35(25-17-18-27(32)28(21-25)38-3)26(20-24-15-8-5-9-16-24)22-34(31)30(37)33-19-11-10-14-23-12-6-4-7-13-23/h4-9,12-13,15-18,21,26H,10-11,14,19-20,22H2,1-3H3,(H,33,37). The van der Waals surface area contributed by atoms with Crippen LogP contribution in [0.25, 0.3) is 0 Å². The number of carbonyl (C=O) groups is 2. The van der Waals surface area contributed by atoms with E-state index >= 15 is 0 Å². The quantitative estimate of drug-likeness (QED) is 0.376. The molecule has 1 heterocycles. The van der Waals surface area contributed by atoms with E-state index < -0.39 is 11.4 Å². The summed E-state index contributed by atoms with van der Waals surface area (Å²) in [5, 5.41) is 3.03. The van der Waals surface area contributed by atoms with E-state index in [-0.39, 0.29) is 23.7 Å². The number of hydrogen-bond acceptors (Lipinski definition) is 3. The van der Waals surface area contributed by atoms with Crippen LogP contribution in [0.1, 0.15) is 37.8 Å². The Hall–Kier alpha value is -3.87. The lowest BCUT2D eigenvalue weighted by atomic mass is 9.91. The molecule has 1 aliphatic rings.